The number of nitrogens with zero attached hydrogens (tertiary/aromatic N) is 1. The number of carbonyl (C=O) groups is 1. The van der Waals surface area contributed by atoms with Gasteiger partial charge in [0.2, 0.25) is 0 Å². The Morgan fingerprint density at radius 3 is 2.28 bits per heavy atom. The highest BCUT2D eigenvalue weighted by Crippen LogP contribution is 2.32. The lowest BCUT2D eigenvalue weighted by atomic mass is 10.1. The normalized spacial score (nSPS) is 11.6. The quantitative estimate of drug-likeness (QED) is 0.771. The lowest BCUT2D eigenvalue weighted by Crippen LogP contribution is -2.03. The number of hydrogen-bond acceptors (Lipinski definition) is 3. The van der Waals surface area contributed by atoms with Crippen LogP contribution in [-0.4, -0.2) is 11.4 Å². The van der Waals surface area contributed by atoms with Gasteiger partial charge in [0.05, 0.1) is 5.56 Å². The molecule has 2 aromatic rings. The van der Waals surface area contributed by atoms with E-state index in [-0.39, 0.29) is 5.69 Å². The second-order valence-corrected chi connectivity index (χ2v) is 3.71. The van der Waals surface area contributed by atoms with E-state index in [0.29, 0.717) is 23.2 Å². The molecule has 1 heterocycles. The molecule has 0 unspecified atom stereocenters. The minimum absolute atomic E-state index is 0.143. The fourth-order valence-corrected chi connectivity index (χ4v) is 1.54. The third-order valence-corrected chi connectivity index (χ3v) is 2.55. The molecule has 6 heteroatoms. The number of alkyl halides is 3. The molecule has 1 aromatic carbocycles. The Labute approximate surface area is 100 Å². The van der Waals surface area contributed by atoms with Gasteiger partial charge in [0.15, 0.2) is 12.0 Å². The van der Waals surface area contributed by atoms with Gasteiger partial charge in [-0.05, 0) is 19.1 Å². The van der Waals surface area contributed by atoms with E-state index in [4.69, 9.17) is 4.52 Å². The summed E-state index contributed by atoms with van der Waals surface area (Å²) in [6.45, 7) is 1.62. The topological polar surface area (TPSA) is 43.1 Å². The highest BCUT2D eigenvalue weighted by molar-refractivity contribution is 5.78. The Kier molecular flexibility index (Phi) is 2.94. The largest absolute Gasteiger partial charge is 0.416 e. The van der Waals surface area contributed by atoms with Crippen LogP contribution in [0.25, 0.3) is 11.3 Å². The van der Waals surface area contributed by atoms with Gasteiger partial charge >= 0.3 is 6.18 Å². The Morgan fingerprint density at radius 2 is 1.83 bits per heavy atom. The fraction of sp³-hybridized carbons (Fsp3) is 0.167. The van der Waals surface area contributed by atoms with Gasteiger partial charge in [-0.15, -0.1) is 0 Å². The van der Waals surface area contributed by atoms with Gasteiger partial charge in [-0.1, -0.05) is 17.3 Å². The van der Waals surface area contributed by atoms with E-state index in [1.807, 2.05) is 0 Å². The van der Waals surface area contributed by atoms with Crippen molar-refractivity contribution in [2.45, 2.75) is 13.1 Å². The van der Waals surface area contributed by atoms with E-state index >= 15 is 0 Å². The predicted molar refractivity (Wildman–Crippen MR) is 57.1 cm³/mol. The summed E-state index contributed by atoms with van der Waals surface area (Å²) in [5.74, 6) is 0.297. The van der Waals surface area contributed by atoms with Gasteiger partial charge in [-0.2, -0.15) is 13.2 Å². The summed E-state index contributed by atoms with van der Waals surface area (Å²) in [7, 11) is 0. The molecule has 3 nitrogen and oxygen atoms in total. The van der Waals surface area contributed by atoms with Crippen LogP contribution in [0.1, 0.15) is 21.6 Å². The number of halogens is 3. The van der Waals surface area contributed by atoms with Crippen LogP contribution in [0, 0.1) is 6.92 Å². The van der Waals surface area contributed by atoms with Crippen LogP contribution in [0.2, 0.25) is 0 Å². The molecular formula is C12H8F3NO2. The first kappa shape index (κ1) is 12.3. The standard InChI is InChI=1S/C12H8F3NO2/c1-7-10(6-17)16-18-11(7)8-2-4-9(5-3-8)12(13,14)15/h2-6H,1H3. The number of rotatable bonds is 2. The van der Waals surface area contributed by atoms with E-state index in [2.05, 4.69) is 5.16 Å². The SMILES string of the molecule is Cc1c(C=O)noc1-c1ccc(C(F)(F)F)cc1. The number of carbonyl (C=O) groups excluding carboxylic acids is 1. The fourth-order valence-electron chi connectivity index (χ4n) is 1.54. The van der Waals surface area contributed by atoms with Crippen LogP contribution in [0.3, 0.4) is 0 Å². The average Bonchev–Trinajstić information content (AvgIpc) is 2.69. The van der Waals surface area contributed by atoms with Crippen molar-refractivity contribution >= 4 is 6.29 Å². The molecule has 0 spiro atoms. The molecule has 1 aromatic heterocycles. The predicted octanol–water partition coefficient (Wildman–Crippen LogP) is 3.48. The van der Waals surface area contributed by atoms with E-state index in [1.54, 1.807) is 6.92 Å². The van der Waals surface area contributed by atoms with E-state index < -0.39 is 11.7 Å². The van der Waals surface area contributed by atoms with Gasteiger partial charge in [0, 0.05) is 11.1 Å². The van der Waals surface area contributed by atoms with Crippen molar-refractivity contribution in [1.29, 1.82) is 0 Å². The molecule has 0 aliphatic rings. The van der Waals surface area contributed by atoms with Crippen molar-refractivity contribution < 1.29 is 22.5 Å². The molecule has 0 aliphatic heterocycles. The van der Waals surface area contributed by atoms with Gasteiger partial charge in [-0.3, -0.25) is 4.79 Å². The summed E-state index contributed by atoms with van der Waals surface area (Å²) in [5.41, 5.74) is 0.356. The van der Waals surface area contributed by atoms with Crippen LogP contribution in [-0.2, 0) is 6.18 Å². The molecule has 0 aliphatic carbocycles. The van der Waals surface area contributed by atoms with Gasteiger partial charge in [-0.25, -0.2) is 0 Å². The van der Waals surface area contributed by atoms with Crippen molar-refractivity contribution in [3.05, 3.63) is 41.1 Å². The highest BCUT2D eigenvalue weighted by Gasteiger charge is 2.30. The molecule has 94 valence electrons. The maximum Gasteiger partial charge on any atom is 0.416 e. The molecule has 0 N–H and O–H groups in total. The number of hydrogen-bond donors (Lipinski definition) is 0. The summed E-state index contributed by atoms with van der Waals surface area (Å²) in [5, 5.41) is 3.52. The second kappa shape index (κ2) is 4.29. The van der Waals surface area contributed by atoms with Crippen molar-refractivity contribution in [2.24, 2.45) is 0 Å². The van der Waals surface area contributed by atoms with Crippen LogP contribution in [0.4, 0.5) is 13.2 Å². The average molecular weight is 255 g/mol. The van der Waals surface area contributed by atoms with E-state index in [0.717, 1.165) is 12.1 Å². The van der Waals surface area contributed by atoms with Gasteiger partial charge < -0.3 is 4.52 Å². The summed E-state index contributed by atoms with van der Waals surface area (Å²) in [4.78, 5) is 10.6. The van der Waals surface area contributed by atoms with Crippen LogP contribution in [0.5, 0.6) is 0 Å². The van der Waals surface area contributed by atoms with Crippen molar-refractivity contribution in [2.75, 3.05) is 0 Å². The minimum Gasteiger partial charge on any atom is -0.355 e. The first-order valence-corrected chi connectivity index (χ1v) is 5.02. The molecule has 18 heavy (non-hydrogen) atoms. The molecule has 0 radical (unpaired) electrons. The Bertz CT molecular complexity index is 570. The summed E-state index contributed by atoms with van der Waals surface area (Å²) in [6.07, 6.45) is -3.84. The van der Waals surface area contributed by atoms with Crippen molar-refractivity contribution in [1.82, 2.24) is 5.16 Å². The van der Waals surface area contributed by atoms with Crippen LogP contribution in [0.15, 0.2) is 28.8 Å². The number of aldehydes is 1. The molecule has 0 bridgehead atoms. The summed E-state index contributed by atoms with van der Waals surface area (Å²) in [6, 6.07) is 4.48. The summed E-state index contributed by atoms with van der Waals surface area (Å²) < 4.78 is 42.1. The molecule has 0 fully saturated rings. The third kappa shape index (κ3) is 2.13. The molecule has 0 saturated heterocycles. The number of aromatic nitrogens is 1. The lowest BCUT2D eigenvalue weighted by molar-refractivity contribution is -0.137. The lowest BCUT2D eigenvalue weighted by Gasteiger charge is -2.06. The minimum atomic E-state index is -4.37. The zero-order valence-electron chi connectivity index (χ0n) is 9.28. The molecule has 0 amide bonds. The Balaban J connectivity index is 2.40. The first-order chi connectivity index (χ1) is 8.43. The first-order valence-electron chi connectivity index (χ1n) is 5.02. The van der Waals surface area contributed by atoms with Crippen molar-refractivity contribution in [3.8, 4) is 11.3 Å². The maximum absolute atomic E-state index is 12.4. The van der Waals surface area contributed by atoms with Gasteiger partial charge in [0.25, 0.3) is 0 Å². The van der Waals surface area contributed by atoms with E-state index in [1.165, 1.54) is 12.1 Å². The van der Waals surface area contributed by atoms with Crippen molar-refractivity contribution in [3.63, 3.8) is 0 Å². The molecule has 0 saturated carbocycles. The smallest absolute Gasteiger partial charge is 0.355 e. The van der Waals surface area contributed by atoms with Crippen LogP contribution < -0.4 is 0 Å². The third-order valence-electron chi connectivity index (χ3n) is 2.55. The Hall–Kier alpha value is -2.11. The zero-order chi connectivity index (χ0) is 13.3. The maximum atomic E-state index is 12.4. The Morgan fingerprint density at radius 1 is 1.22 bits per heavy atom. The van der Waals surface area contributed by atoms with Gasteiger partial charge in [0.1, 0.15) is 5.69 Å². The zero-order valence-corrected chi connectivity index (χ0v) is 9.28. The molecular weight excluding hydrogens is 247 g/mol. The van der Waals surface area contributed by atoms with E-state index in [9.17, 15) is 18.0 Å². The highest BCUT2D eigenvalue weighted by atomic mass is 19.4. The van der Waals surface area contributed by atoms with Crippen LogP contribution >= 0.6 is 0 Å². The molecule has 2 rings (SSSR count). The number of benzene rings is 1. The summed E-state index contributed by atoms with van der Waals surface area (Å²) >= 11 is 0. The molecule has 0 atom stereocenters. The second-order valence-electron chi connectivity index (χ2n) is 3.71. The monoisotopic (exact) mass is 255 g/mol.